The Morgan fingerprint density at radius 2 is 2.19 bits per heavy atom. The van der Waals surface area contributed by atoms with E-state index in [2.05, 4.69) is 12.2 Å². The Morgan fingerprint density at radius 3 is 2.76 bits per heavy atom. The summed E-state index contributed by atoms with van der Waals surface area (Å²) >= 11 is 0. The second-order valence-corrected chi connectivity index (χ2v) is 6.91. The van der Waals surface area contributed by atoms with Gasteiger partial charge < -0.3 is 20.1 Å². The van der Waals surface area contributed by atoms with E-state index < -0.39 is 5.60 Å². The van der Waals surface area contributed by atoms with Gasteiger partial charge in [-0.15, -0.1) is 0 Å². The van der Waals surface area contributed by atoms with Crippen molar-refractivity contribution in [2.75, 3.05) is 26.2 Å². The van der Waals surface area contributed by atoms with Crippen LogP contribution in [-0.2, 0) is 4.74 Å². The van der Waals surface area contributed by atoms with Crippen LogP contribution in [0.3, 0.4) is 0 Å². The Bertz CT molecular complexity index is 315. The minimum absolute atomic E-state index is 0.200. The monoisotopic (exact) mass is 300 g/mol. The molecule has 0 saturated carbocycles. The van der Waals surface area contributed by atoms with Crippen LogP contribution < -0.4 is 5.32 Å². The van der Waals surface area contributed by atoms with E-state index in [0.717, 1.165) is 45.3 Å². The van der Waals surface area contributed by atoms with Gasteiger partial charge in [-0.3, -0.25) is 0 Å². The van der Waals surface area contributed by atoms with Crippen molar-refractivity contribution < 1.29 is 14.6 Å². The normalized spacial score (nSPS) is 20.6. The summed E-state index contributed by atoms with van der Waals surface area (Å²) in [5.74, 6) is 0.506. The molecule has 0 bridgehead atoms. The maximum Gasteiger partial charge on any atom is 0.410 e. The molecule has 0 radical (unpaired) electrons. The fraction of sp³-hybridized carbons (Fsp3) is 0.938. The molecular formula is C16H32N2O3. The molecule has 1 aliphatic heterocycles. The summed E-state index contributed by atoms with van der Waals surface area (Å²) in [7, 11) is 0. The lowest BCUT2D eigenvalue weighted by atomic mass is 10.0. The number of carbonyl (C=O) groups excluding carboxylic acids is 1. The molecule has 0 aromatic rings. The summed E-state index contributed by atoms with van der Waals surface area (Å²) < 4.78 is 5.47. The maximum atomic E-state index is 12.2. The molecule has 124 valence electrons. The lowest BCUT2D eigenvalue weighted by molar-refractivity contribution is 0.0226. The zero-order valence-corrected chi connectivity index (χ0v) is 14.0. The molecule has 2 N–H and O–H groups in total. The maximum absolute atomic E-state index is 12.2. The Labute approximate surface area is 129 Å². The first-order valence-electron chi connectivity index (χ1n) is 8.18. The van der Waals surface area contributed by atoms with Gasteiger partial charge in [0.1, 0.15) is 5.60 Å². The molecule has 1 rings (SSSR count). The molecule has 0 aliphatic carbocycles. The van der Waals surface area contributed by atoms with Gasteiger partial charge in [-0.25, -0.2) is 4.79 Å². The minimum Gasteiger partial charge on any atom is -0.444 e. The first-order valence-corrected chi connectivity index (χ1v) is 8.18. The Balaban J connectivity index is 2.38. The molecule has 2 unspecified atom stereocenters. The van der Waals surface area contributed by atoms with Crippen molar-refractivity contribution in [1.82, 2.24) is 10.2 Å². The predicted molar refractivity (Wildman–Crippen MR) is 84.3 cm³/mol. The van der Waals surface area contributed by atoms with Gasteiger partial charge in [0, 0.05) is 25.7 Å². The van der Waals surface area contributed by atoms with Crippen molar-refractivity contribution in [2.24, 2.45) is 5.92 Å². The lowest BCUT2D eigenvalue weighted by Gasteiger charge is -2.29. The van der Waals surface area contributed by atoms with Crippen LogP contribution in [-0.4, -0.2) is 54.0 Å². The summed E-state index contributed by atoms with van der Waals surface area (Å²) in [5, 5.41) is 12.5. The molecule has 5 heteroatoms. The van der Waals surface area contributed by atoms with E-state index in [4.69, 9.17) is 9.84 Å². The summed E-state index contributed by atoms with van der Waals surface area (Å²) in [4.78, 5) is 14.0. The van der Waals surface area contributed by atoms with Crippen molar-refractivity contribution in [3.05, 3.63) is 0 Å². The second kappa shape index (κ2) is 8.59. The van der Waals surface area contributed by atoms with Gasteiger partial charge in [0.05, 0.1) is 0 Å². The van der Waals surface area contributed by atoms with Crippen LogP contribution in [0.2, 0.25) is 0 Å². The lowest BCUT2D eigenvalue weighted by Crippen LogP contribution is -2.44. The molecule has 1 amide bonds. The van der Waals surface area contributed by atoms with Crippen LogP contribution in [0, 0.1) is 5.92 Å². The molecule has 0 aromatic carbocycles. The molecule has 0 aromatic heterocycles. The fourth-order valence-corrected chi connectivity index (χ4v) is 2.70. The van der Waals surface area contributed by atoms with E-state index >= 15 is 0 Å². The van der Waals surface area contributed by atoms with Gasteiger partial charge in [0.15, 0.2) is 0 Å². The molecule has 1 aliphatic rings. The van der Waals surface area contributed by atoms with Crippen molar-refractivity contribution in [1.29, 1.82) is 0 Å². The van der Waals surface area contributed by atoms with Crippen molar-refractivity contribution in [2.45, 2.75) is 65.0 Å². The summed E-state index contributed by atoms with van der Waals surface area (Å²) in [6.45, 7) is 10.6. The standard InChI is InChI=1S/C16H32N2O3/c1-5-13(8-10-19)11-17-12-14-7-6-9-18(14)15(20)21-16(2,3)4/h13-14,17,19H,5-12H2,1-4H3. The first-order chi connectivity index (χ1) is 9.87. The number of rotatable bonds is 7. The van der Waals surface area contributed by atoms with Gasteiger partial charge in [-0.1, -0.05) is 13.3 Å². The fourth-order valence-electron chi connectivity index (χ4n) is 2.70. The number of nitrogens with one attached hydrogen (secondary N) is 1. The third-order valence-electron chi connectivity index (χ3n) is 3.93. The van der Waals surface area contributed by atoms with Crippen LogP contribution in [0.4, 0.5) is 4.79 Å². The topological polar surface area (TPSA) is 61.8 Å². The molecule has 1 heterocycles. The molecule has 2 atom stereocenters. The predicted octanol–water partition coefficient (Wildman–Crippen LogP) is 2.38. The number of carbonyl (C=O) groups is 1. The Hall–Kier alpha value is -0.810. The highest BCUT2D eigenvalue weighted by Crippen LogP contribution is 2.20. The van der Waals surface area contributed by atoms with Gasteiger partial charge in [0.25, 0.3) is 0 Å². The van der Waals surface area contributed by atoms with Crippen LogP contribution >= 0.6 is 0 Å². The highest BCUT2D eigenvalue weighted by atomic mass is 16.6. The van der Waals surface area contributed by atoms with Crippen molar-refractivity contribution in [3.63, 3.8) is 0 Å². The first kappa shape index (κ1) is 18.2. The average Bonchev–Trinajstić information content (AvgIpc) is 2.84. The van der Waals surface area contributed by atoms with Crippen molar-refractivity contribution in [3.8, 4) is 0 Å². The molecule has 1 fully saturated rings. The highest BCUT2D eigenvalue weighted by molar-refractivity contribution is 5.69. The number of likely N-dealkylation sites (tertiary alicyclic amines) is 1. The van der Waals surface area contributed by atoms with Crippen LogP contribution in [0.5, 0.6) is 0 Å². The van der Waals surface area contributed by atoms with Crippen molar-refractivity contribution >= 4 is 6.09 Å². The Kier molecular flexibility index (Phi) is 7.46. The van der Waals surface area contributed by atoms with E-state index in [1.54, 1.807) is 0 Å². The van der Waals surface area contributed by atoms with E-state index in [-0.39, 0.29) is 18.7 Å². The third-order valence-corrected chi connectivity index (χ3v) is 3.93. The van der Waals surface area contributed by atoms with E-state index in [1.807, 2.05) is 25.7 Å². The number of hydrogen-bond acceptors (Lipinski definition) is 4. The summed E-state index contributed by atoms with van der Waals surface area (Å²) in [6, 6.07) is 0.228. The van der Waals surface area contributed by atoms with Gasteiger partial charge in [0.2, 0.25) is 0 Å². The quantitative estimate of drug-likeness (QED) is 0.758. The van der Waals surface area contributed by atoms with E-state index in [0.29, 0.717) is 5.92 Å². The third kappa shape index (κ3) is 6.66. The summed E-state index contributed by atoms with van der Waals surface area (Å²) in [5.41, 5.74) is -0.438. The number of hydrogen-bond donors (Lipinski definition) is 2. The minimum atomic E-state index is -0.438. The molecule has 1 saturated heterocycles. The van der Waals surface area contributed by atoms with Gasteiger partial charge >= 0.3 is 6.09 Å². The van der Waals surface area contributed by atoms with E-state index in [9.17, 15) is 4.79 Å². The van der Waals surface area contributed by atoms with Gasteiger partial charge in [-0.2, -0.15) is 0 Å². The van der Waals surface area contributed by atoms with Crippen LogP contribution in [0.25, 0.3) is 0 Å². The number of nitrogens with zero attached hydrogens (tertiary/aromatic N) is 1. The number of aliphatic hydroxyl groups is 1. The largest absolute Gasteiger partial charge is 0.444 e. The molecule has 5 nitrogen and oxygen atoms in total. The van der Waals surface area contributed by atoms with Crippen LogP contribution in [0.15, 0.2) is 0 Å². The number of aliphatic hydroxyl groups excluding tert-OH is 1. The SMILES string of the molecule is CCC(CCO)CNCC1CCCN1C(=O)OC(C)(C)C. The molecular weight excluding hydrogens is 268 g/mol. The van der Waals surface area contributed by atoms with E-state index in [1.165, 1.54) is 0 Å². The van der Waals surface area contributed by atoms with Crippen LogP contribution in [0.1, 0.15) is 53.4 Å². The molecule has 21 heavy (non-hydrogen) atoms. The second-order valence-electron chi connectivity index (χ2n) is 6.91. The van der Waals surface area contributed by atoms with Gasteiger partial charge in [-0.05, 0) is 52.5 Å². The summed E-state index contributed by atoms with van der Waals surface area (Å²) in [6.07, 6.45) is 3.77. The average molecular weight is 300 g/mol. The molecule has 0 spiro atoms. The zero-order chi connectivity index (χ0) is 15.9. The number of amides is 1. The smallest absolute Gasteiger partial charge is 0.410 e. The zero-order valence-electron chi connectivity index (χ0n) is 14.0. The number of ether oxygens (including phenoxy) is 1. The Morgan fingerprint density at radius 1 is 1.48 bits per heavy atom. The highest BCUT2D eigenvalue weighted by Gasteiger charge is 2.31.